The van der Waals surface area contributed by atoms with Crippen LogP contribution in [0, 0.1) is 13.8 Å². The molecule has 8 aromatic carbocycles. The molecule has 0 fully saturated rings. The summed E-state index contributed by atoms with van der Waals surface area (Å²) < 4.78 is 0. The molecule has 0 saturated heterocycles. The standard InChI is InChI=1S/2C12H13.2C9H7.2C2H6Si.4FH.2Zr/c2*1-3-10-5-4-6-11-7-9(2)8-12(10)11;2*1-2-5-9-7-3-6-8(9)4-1;2*1-3-2;;;;;;/h2*4-8H,3H2,1-2H3;2*1-7H;2*1-2H3;4*1H;;/q4*-1;;;;;;;2*+2. The molecular formula is C46H56F4Si2Zr2. The maximum Gasteiger partial charge on any atom is -0.0809 e. The number of hydrogen-bond donors (Lipinski definition) is 0. The first-order valence-electron chi connectivity index (χ1n) is 17.6. The number of halogens is 4. The van der Waals surface area contributed by atoms with Gasteiger partial charge >= 0.3 is 83.7 Å². The fraction of sp³-hybridized carbons (Fsp3) is 0.217. The Hall–Kier alpha value is -2.76. The smallest absolute Gasteiger partial charge is 0.0809 e. The van der Waals surface area contributed by atoms with E-state index in [0.717, 1.165) is 12.8 Å². The molecule has 284 valence electrons. The summed E-state index contributed by atoms with van der Waals surface area (Å²) in [5, 5.41) is 10.9. The summed E-state index contributed by atoms with van der Waals surface area (Å²) in [6.07, 6.45) is 2.25. The third-order valence-corrected chi connectivity index (χ3v) is 7.83. The van der Waals surface area contributed by atoms with Crippen molar-refractivity contribution in [1.82, 2.24) is 0 Å². The van der Waals surface area contributed by atoms with Crippen LogP contribution in [-0.4, -0.2) is 10.9 Å². The van der Waals surface area contributed by atoms with Crippen molar-refractivity contribution >= 4 is 54.0 Å². The van der Waals surface area contributed by atoms with Crippen LogP contribution in [0.1, 0.15) is 36.1 Å². The fourth-order valence-electron chi connectivity index (χ4n) is 5.66. The number of fused-ring (bicyclic) bond motifs is 4. The van der Waals surface area contributed by atoms with E-state index in [0.29, 0.717) is 0 Å². The van der Waals surface area contributed by atoms with E-state index in [2.05, 4.69) is 199 Å². The van der Waals surface area contributed by atoms with Crippen LogP contribution >= 0.6 is 0 Å². The van der Waals surface area contributed by atoms with Crippen LogP contribution in [0.5, 0.6) is 0 Å². The maximum absolute atomic E-state index is 2.31. The molecule has 8 heteroatoms. The van der Waals surface area contributed by atoms with Crippen LogP contribution in [0.4, 0.5) is 18.8 Å². The van der Waals surface area contributed by atoms with Crippen LogP contribution in [0.15, 0.2) is 146 Å². The summed E-state index contributed by atoms with van der Waals surface area (Å²) in [5.41, 5.74) is 6.07. The van der Waals surface area contributed by atoms with Crippen molar-refractivity contribution in [2.24, 2.45) is 0 Å². The molecule has 0 radical (unpaired) electrons. The molecule has 0 aliphatic heterocycles. The quantitative estimate of drug-likeness (QED) is 0.0921. The molecule has 0 bridgehead atoms. The Morgan fingerprint density at radius 3 is 1.09 bits per heavy atom. The Balaban J connectivity index is 0. The van der Waals surface area contributed by atoms with Gasteiger partial charge in [0.25, 0.3) is 0 Å². The van der Waals surface area contributed by atoms with Gasteiger partial charge in [-0.3, -0.25) is 18.8 Å². The topological polar surface area (TPSA) is 0 Å². The van der Waals surface area contributed by atoms with Crippen LogP contribution in [0.25, 0.3) is 43.1 Å². The average molecular weight is 924 g/mol. The summed E-state index contributed by atoms with van der Waals surface area (Å²) in [7, 11) is 0. The van der Waals surface area contributed by atoms with Gasteiger partial charge in [0.15, 0.2) is 0 Å². The van der Waals surface area contributed by atoms with Crippen LogP contribution in [0.3, 0.4) is 0 Å². The summed E-state index contributed by atoms with van der Waals surface area (Å²) in [4.78, 5) is 0. The van der Waals surface area contributed by atoms with Gasteiger partial charge in [-0.25, -0.2) is 0 Å². The third kappa shape index (κ3) is 18.2. The van der Waals surface area contributed by atoms with Crippen molar-refractivity contribution in [3.05, 3.63) is 168 Å². The third-order valence-electron chi connectivity index (χ3n) is 7.83. The summed E-state index contributed by atoms with van der Waals surface area (Å²) in [6.45, 7) is 17.9. The molecule has 0 unspecified atom stereocenters. The molecule has 0 aliphatic carbocycles. The number of rotatable bonds is 2. The molecule has 0 aromatic heterocycles. The molecule has 0 nitrogen and oxygen atoms in total. The minimum Gasteiger partial charge on any atom is -0.269 e. The van der Waals surface area contributed by atoms with Gasteiger partial charge in [0.2, 0.25) is 0 Å². The predicted molar refractivity (Wildman–Crippen MR) is 231 cm³/mol. The van der Waals surface area contributed by atoms with E-state index in [9.17, 15) is 0 Å². The van der Waals surface area contributed by atoms with E-state index in [1.165, 1.54) is 65.3 Å². The molecule has 0 heterocycles. The van der Waals surface area contributed by atoms with E-state index < -0.39 is 0 Å². The molecule has 0 amide bonds. The Morgan fingerprint density at radius 1 is 0.463 bits per heavy atom. The zero-order chi connectivity index (χ0) is 36.5. The second-order valence-electron chi connectivity index (χ2n) is 12.9. The normalized spacial score (nSPS) is 9.26. The molecular weight excluding hydrogens is 867 g/mol. The Morgan fingerprint density at radius 2 is 0.778 bits per heavy atom. The average Bonchev–Trinajstić information content (AvgIpc) is 3.90. The molecule has 0 N–H and O–H groups in total. The number of aryl methyl sites for hydroxylation is 4. The van der Waals surface area contributed by atoms with Gasteiger partial charge in [0, 0.05) is 0 Å². The van der Waals surface area contributed by atoms with Gasteiger partial charge in [-0.2, -0.15) is 47.2 Å². The van der Waals surface area contributed by atoms with Gasteiger partial charge in [-0.15, -0.1) is 128 Å². The van der Waals surface area contributed by atoms with Crippen LogP contribution in [-0.2, 0) is 59.5 Å². The van der Waals surface area contributed by atoms with Crippen molar-refractivity contribution < 1.29 is 65.5 Å². The van der Waals surface area contributed by atoms with Gasteiger partial charge in [-0.05, 0) is 12.8 Å². The molecule has 0 atom stereocenters. The monoisotopic (exact) mass is 920 g/mol. The first-order chi connectivity index (χ1) is 24.0. The molecule has 0 aliphatic rings. The Bertz CT molecular complexity index is 2000. The Kier molecular flexibility index (Phi) is 28.3. The summed E-state index contributed by atoms with van der Waals surface area (Å²) in [5.74, 6) is 0. The van der Waals surface area contributed by atoms with Crippen molar-refractivity contribution in [2.75, 3.05) is 0 Å². The molecule has 8 rings (SSSR count). The van der Waals surface area contributed by atoms with Crippen LogP contribution < -0.4 is 0 Å². The van der Waals surface area contributed by atoms with E-state index in [-0.39, 0.29) is 29.7 Å². The second kappa shape index (κ2) is 28.6. The zero-order valence-electron chi connectivity index (χ0n) is 32.9. The molecule has 54 heavy (non-hydrogen) atoms. The SMILES string of the molecule is CCc1cccc2[cH-]c(C)cc12.CCc1cccc2[cH-]c(C)cc12.C[Si](C)=[Zr+2].C[Si](C)=[Zr+2].F.F.F.F.c1ccc2[cH-]ccc2c1.c1ccc2[cH-]ccc2c1. The maximum atomic E-state index is 2.31. The van der Waals surface area contributed by atoms with Crippen molar-refractivity contribution in [3.8, 4) is 0 Å². The fourth-order valence-corrected chi connectivity index (χ4v) is 5.66. The van der Waals surface area contributed by atoms with E-state index in [1.807, 2.05) is 0 Å². The first-order valence-corrected chi connectivity index (χ1v) is 29.9. The van der Waals surface area contributed by atoms with E-state index >= 15 is 0 Å². The van der Waals surface area contributed by atoms with Crippen molar-refractivity contribution in [1.29, 1.82) is 0 Å². The minimum absolute atomic E-state index is 0. The van der Waals surface area contributed by atoms with Gasteiger partial charge < -0.3 is 0 Å². The Labute approximate surface area is 351 Å². The molecule has 8 aromatic rings. The molecule has 0 spiro atoms. The predicted octanol–water partition coefficient (Wildman–Crippen LogP) is 14.2. The van der Waals surface area contributed by atoms with E-state index in [4.69, 9.17) is 0 Å². The summed E-state index contributed by atoms with van der Waals surface area (Å²) >= 11 is 3.48. The first kappa shape index (κ1) is 53.3. The second-order valence-corrected chi connectivity index (χ2v) is 31.7. The number of benzene rings is 4. The zero-order valence-corrected chi connectivity index (χ0v) is 39.8. The molecule has 0 saturated carbocycles. The van der Waals surface area contributed by atoms with Gasteiger partial charge in [0.05, 0.1) is 0 Å². The van der Waals surface area contributed by atoms with Crippen LogP contribution in [0.2, 0.25) is 26.2 Å². The van der Waals surface area contributed by atoms with E-state index in [1.54, 1.807) is 46.7 Å². The summed E-state index contributed by atoms with van der Waals surface area (Å²) in [6, 6.07) is 51.4. The number of hydrogen-bond acceptors (Lipinski definition) is 0. The van der Waals surface area contributed by atoms with Gasteiger partial charge in [0.1, 0.15) is 0 Å². The van der Waals surface area contributed by atoms with Crippen molar-refractivity contribution in [2.45, 2.75) is 66.7 Å². The largest absolute Gasteiger partial charge is 0.269 e. The minimum atomic E-state index is 0. The van der Waals surface area contributed by atoms with Gasteiger partial charge in [-0.1, -0.05) is 63.1 Å². The van der Waals surface area contributed by atoms with Crippen molar-refractivity contribution in [3.63, 3.8) is 0 Å².